The fraction of sp³-hybridized carbons (Fsp3) is 0.294. The van der Waals surface area contributed by atoms with Gasteiger partial charge in [-0.15, -0.1) is 0 Å². The molecule has 1 aromatic carbocycles. The van der Waals surface area contributed by atoms with Gasteiger partial charge < -0.3 is 15.8 Å². The molecule has 1 heterocycles. The number of aromatic nitrogens is 1. The lowest BCUT2D eigenvalue weighted by Crippen LogP contribution is -2.32. The van der Waals surface area contributed by atoms with Crippen molar-refractivity contribution in [3.8, 4) is 11.6 Å². The number of benzene rings is 1. The Balaban J connectivity index is 2.14. The van der Waals surface area contributed by atoms with Gasteiger partial charge in [-0.3, -0.25) is 4.79 Å². The molecule has 8 heteroatoms. The molecule has 2 aromatic rings. The predicted molar refractivity (Wildman–Crippen MR) is 85.8 cm³/mol. The first-order chi connectivity index (χ1) is 11.8. The van der Waals surface area contributed by atoms with Crippen LogP contribution in [0.25, 0.3) is 0 Å². The number of nitrogens with two attached hydrogens (primary N) is 1. The van der Waals surface area contributed by atoms with Crippen LogP contribution in [0.1, 0.15) is 18.1 Å². The summed E-state index contributed by atoms with van der Waals surface area (Å²) in [6.07, 6.45) is -3.00. The minimum Gasteiger partial charge on any atom is -0.439 e. The molecule has 0 saturated heterocycles. The summed E-state index contributed by atoms with van der Waals surface area (Å²) in [7, 11) is 0. The van der Waals surface area contributed by atoms with Gasteiger partial charge in [0.05, 0.1) is 5.56 Å². The van der Waals surface area contributed by atoms with Crippen molar-refractivity contribution in [1.82, 2.24) is 10.3 Å². The molecule has 134 valence electrons. The third-order valence-electron chi connectivity index (χ3n) is 3.48. The maximum Gasteiger partial charge on any atom is 0.416 e. The maximum atomic E-state index is 12.8. The Morgan fingerprint density at radius 1 is 1.32 bits per heavy atom. The van der Waals surface area contributed by atoms with Crippen LogP contribution in [0.2, 0.25) is 0 Å². The average Bonchev–Trinajstić information content (AvgIpc) is 2.59. The van der Waals surface area contributed by atoms with Gasteiger partial charge in [0.15, 0.2) is 0 Å². The van der Waals surface area contributed by atoms with E-state index in [0.29, 0.717) is 5.56 Å². The number of ether oxygens (including phenoxy) is 1. The van der Waals surface area contributed by atoms with Crippen LogP contribution < -0.4 is 15.8 Å². The fourth-order valence-corrected chi connectivity index (χ4v) is 1.96. The minimum atomic E-state index is -4.46. The van der Waals surface area contributed by atoms with E-state index in [1.54, 1.807) is 19.1 Å². The van der Waals surface area contributed by atoms with Gasteiger partial charge in [-0.1, -0.05) is 19.1 Å². The molecule has 5 nitrogen and oxygen atoms in total. The van der Waals surface area contributed by atoms with Gasteiger partial charge in [0.1, 0.15) is 5.75 Å². The summed E-state index contributed by atoms with van der Waals surface area (Å²) in [6, 6.07) is 7.83. The first-order valence-electron chi connectivity index (χ1n) is 7.58. The van der Waals surface area contributed by atoms with Gasteiger partial charge >= 0.3 is 6.18 Å². The van der Waals surface area contributed by atoms with E-state index in [1.165, 1.54) is 18.3 Å². The molecule has 0 aliphatic carbocycles. The van der Waals surface area contributed by atoms with E-state index in [-0.39, 0.29) is 36.5 Å². The minimum absolute atomic E-state index is 0.0106. The lowest BCUT2D eigenvalue weighted by molar-refractivity contribution is -0.137. The van der Waals surface area contributed by atoms with Crippen molar-refractivity contribution < 1.29 is 22.7 Å². The molecule has 1 atom stereocenters. The van der Waals surface area contributed by atoms with Crippen molar-refractivity contribution in [2.24, 2.45) is 11.7 Å². The number of pyridine rings is 1. The predicted octanol–water partition coefficient (Wildman–Crippen LogP) is 3.10. The largest absolute Gasteiger partial charge is 0.439 e. The molecule has 0 saturated carbocycles. The van der Waals surface area contributed by atoms with Crippen molar-refractivity contribution in [2.45, 2.75) is 19.6 Å². The smallest absolute Gasteiger partial charge is 0.416 e. The van der Waals surface area contributed by atoms with Crippen LogP contribution in [-0.4, -0.2) is 17.4 Å². The second-order valence-electron chi connectivity index (χ2n) is 5.45. The SMILES string of the molecule is C[C@H](CN)C(=O)NCc1cccnc1Oc1cccc(C(F)(F)F)c1. The fourth-order valence-electron chi connectivity index (χ4n) is 1.96. The third-order valence-corrected chi connectivity index (χ3v) is 3.48. The molecule has 0 unspecified atom stereocenters. The Labute approximate surface area is 143 Å². The molecule has 0 aliphatic heterocycles. The van der Waals surface area contributed by atoms with Crippen molar-refractivity contribution in [3.63, 3.8) is 0 Å². The molecule has 0 spiro atoms. The number of nitrogens with zero attached hydrogens (tertiary/aromatic N) is 1. The van der Waals surface area contributed by atoms with E-state index in [0.717, 1.165) is 12.1 Å². The highest BCUT2D eigenvalue weighted by Gasteiger charge is 2.30. The molecular formula is C17H18F3N3O2. The van der Waals surface area contributed by atoms with Crippen LogP contribution in [0.15, 0.2) is 42.6 Å². The molecule has 3 N–H and O–H groups in total. The summed E-state index contributed by atoms with van der Waals surface area (Å²) in [5.74, 6) is -0.431. The Bertz CT molecular complexity index is 735. The number of alkyl halides is 3. The molecule has 1 amide bonds. The number of rotatable bonds is 6. The van der Waals surface area contributed by atoms with E-state index in [4.69, 9.17) is 10.5 Å². The van der Waals surface area contributed by atoms with Crippen LogP contribution >= 0.6 is 0 Å². The summed E-state index contributed by atoms with van der Waals surface area (Å²) in [6.45, 7) is 2.04. The highest BCUT2D eigenvalue weighted by atomic mass is 19.4. The van der Waals surface area contributed by atoms with E-state index in [2.05, 4.69) is 10.3 Å². The summed E-state index contributed by atoms with van der Waals surface area (Å²) in [5, 5.41) is 2.69. The highest BCUT2D eigenvalue weighted by molar-refractivity contribution is 5.78. The van der Waals surface area contributed by atoms with Crippen molar-refractivity contribution in [3.05, 3.63) is 53.7 Å². The summed E-state index contributed by atoms with van der Waals surface area (Å²) < 4.78 is 43.8. The molecule has 0 bridgehead atoms. The zero-order chi connectivity index (χ0) is 18.4. The number of carbonyl (C=O) groups is 1. The maximum absolute atomic E-state index is 12.8. The van der Waals surface area contributed by atoms with Gasteiger partial charge in [0.2, 0.25) is 11.8 Å². The zero-order valence-electron chi connectivity index (χ0n) is 13.5. The molecule has 1 aromatic heterocycles. The molecule has 0 radical (unpaired) electrons. The Kier molecular flexibility index (Phi) is 5.97. The molecule has 25 heavy (non-hydrogen) atoms. The topological polar surface area (TPSA) is 77.2 Å². The Morgan fingerprint density at radius 3 is 2.76 bits per heavy atom. The van der Waals surface area contributed by atoms with Gasteiger partial charge in [-0.05, 0) is 24.3 Å². The van der Waals surface area contributed by atoms with Gasteiger partial charge in [0.25, 0.3) is 0 Å². The quantitative estimate of drug-likeness (QED) is 0.837. The normalized spacial score (nSPS) is 12.5. The number of amides is 1. The molecular weight excluding hydrogens is 335 g/mol. The van der Waals surface area contributed by atoms with Gasteiger partial charge in [0, 0.05) is 30.8 Å². The Hall–Kier alpha value is -2.61. The number of nitrogens with one attached hydrogen (secondary N) is 1. The number of hydrogen-bond acceptors (Lipinski definition) is 4. The van der Waals surface area contributed by atoms with E-state index >= 15 is 0 Å². The second kappa shape index (κ2) is 7.98. The highest BCUT2D eigenvalue weighted by Crippen LogP contribution is 2.32. The van der Waals surface area contributed by atoms with Crippen LogP contribution in [-0.2, 0) is 17.5 Å². The lowest BCUT2D eigenvalue weighted by Gasteiger charge is -2.13. The summed E-state index contributed by atoms with van der Waals surface area (Å²) in [5.41, 5.74) is 5.16. The first kappa shape index (κ1) is 18.7. The van der Waals surface area contributed by atoms with E-state index < -0.39 is 11.7 Å². The molecule has 2 rings (SSSR count). The number of halogens is 3. The number of hydrogen-bond donors (Lipinski definition) is 2. The van der Waals surface area contributed by atoms with Gasteiger partial charge in [-0.2, -0.15) is 13.2 Å². The van der Waals surface area contributed by atoms with E-state index in [9.17, 15) is 18.0 Å². The summed E-state index contributed by atoms with van der Waals surface area (Å²) >= 11 is 0. The Morgan fingerprint density at radius 2 is 2.08 bits per heavy atom. The van der Waals surface area contributed by atoms with Crippen molar-refractivity contribution >= 4 is 5.91 Å². The second-order valence-corrected chi connectivity index (χ2v) is 5.45. The van der Waals surface area contributed by atoms with Crippen molar-refractivity contribution in [1.29, 1.82) is 0 Å². The van der Waals surface area contributed by atoms with Crippen LogP contribution in [0, 0.1) is 5.92 Å². The lowest BCUT2D eigenvalue weighted by atomic mass is 10.1. The van der Waals surface area contributed by atoms with Crippen LogP contribution in [0.5, 0.6) is 11.6 Å². The standard InChI is InChI=1S/C17H18F3N3O2/c1-11(9-21)15(24)23-10-12-4-3-7-22-16(12)25-14-6-2-5-13(8-14)17(18,19)20/h2-8,11H,9-10,21H2,1H3,(H,23,24)/t11-/m1/s1. The summed E-state index contributed by atoms with van der Waals surface area (Å²) in [4.78, 5) is 15.8. The zero-order valence-corrected chi connectivity index (χ0v) is 13.5. The van der Waals surface area contributed by atoms with Crippen LogP contribution in [0.4, 0.5) is 13.2 Å². The first-order valence-corrected chi connectivity index (χ1v) is 7.58. The van der Waals surface area contributed by atoms with Crippen molar-refractivity contribution in [2.75, 3.05) is 6.54 Å². The van der Waals surface area contributed by atoms with E-state index in [1.807, 2.05) is 0 Å². The molecule has 0 aliphatic rings. The number of carbonyl (C=O) groups excluding carboxylic acids is 1. The molecule has 0 fully saturated rings. The third kappa shape index (κ3) is 5.18. The van der Waals surface area contributed by atoms with Gasteiger partial charge in [-0.25, -0.2) is 4.98 Å². The average molecular weight is 353 g/mol. The van der Waals surface area contributed by atoms with Crippen LogP contribution in [0.3, 0.4) is 0 Å². The monoisotopic (exact) mass is 353 g/mol.